The van der Waals surface area contributed by atoms with Gasteiger partial charge in [0.25, 0.3) is 0 Å². The first-order chi connectivity index (χ1) is 15.8. The fourth-order valence-electron chi connectivity index (χ4n) is 4.44. The van der Waals surface area contributed by atoms with Crippen molar-refractivity contribution in [3.8, 4) is 28.7 Å². The molecule has 2 N–H and O–H groups in total. The monoisotopic (exact) mass is 461 g/mol. The summed E-state index contributed by atoms with van der Waals surface area (Å²) < 4.78 is 47.3. The molecular weight excluding hydrogens is 439 g/mol. The Bertz CT molecular complexity index is 1190. The van der Waals surface area contributed by atoms with Crippen LogP contribution in [0.4, 0.5) is 18.9 Å². The molecule has 0 aliphatic carbocycles. The van der Waals surface area contributed by atoms with Gasteiger partial charge in [0.15, 0.2) is 5.82 Å². The van der Waals surface area contributed by atoms with Crippen LogP contribution in [0.2, 0.25) is 0 Å². The van der Waals surface area contributed by atoms with Crippen LogP contribution in [0.25, 0.3) is 22.9 Å². The number of carbonyl (C=O) groups excluding carboxylic acids is 1. The van der Waals surface area contributed by atoms with Crippen molar-refractivity contribution in [2.75, 3.05) is 18.1 Å². The maximum absolute atomic E-state index is 12.9. The minimum absolute atomic E-state index is 0.0459. The summed E-state index contributed by atoms with van der Waals surface area (Å²) in [4.78, 5) is 22.5. The van der Waals surface area contributed by atoms with Gasteiger partial charge in [-0.3, -0.25) is 4.79 Å². The summed E-state index contributed by atoms with van der Waals surface area (Å²) in [7, 11) is 0. The molecule has 0 saturated carbocycles. The highest BCUT2D eigenvalue weighted by Crippen LogP contribution is 2.37. The smallest absolute Gasteiger partial charge is 0.408 e. The summed E-state index contributed by atoms with van der Waals surface area (Å²) in [6, 6.07) is 5.24. The molecule has 2 aliphatic rings. The Morgan fingerprint density at radius 1 is 1.21 bits per heavy atom. The average molecular weight is 461 g/mol. The summed E-state index contributed by atoms with van der Waals surface area (Å²) in [6.45, 7) is 0.297. The van der Waals surface area contributed by atoms with Crippen LogP contribution in [0.15, 0.2) is 30.7 Å². The van der Waals surface area contributed by atoms with Crippen molar-refractivity contribution in [1.29, 1.82) is 0 Å². The van der Waals surface area contributed by atoms with E-state index in [-0.39, 0.29) is 17.8 Å². The van der Waals surface area contributed by atoms with Crippen molar-refractivity contribution in [3.63, 3.8) is 0 Å². The van der Waals surface area contributed by atoms with Gasteiger partial charge < -0.3 is 19.9 Å². The Morgan fingerprint density at radius 3 is 2.85 bits per heavy atom. The van der Waals surface area contributed by atoms with Crippen molar-refractivity contribution in [1.82, 2.24) is 24.3 Å². The van der Waals surface area contributed by atoms with E-state index in [4.69, 9.17) is 10.5 Å². The highest BCUT2D eigenvalue weighted by molar-refractivity contribution is 5.84. The number of halogens is 3. The van der Waals surface area contributed by atoms with E-state index in [2.05, 4.69) is 15.1 Å². The lowest BCUT2D eigenvalue weighted by Gasteiger charge is -2.35. The lowest BCUT2D eigenvalue weighted by Crippen LogP contribution is -2.47. The molecule has 1 saturated heterocycles. The zero-order valence-electron chi connectivity index (χ0n) is 17.6. The quantitative estimate of drug-likeness (QED) is 0.641. The van der Waals surface area contributed by atoms with Crippen LogP contribution >= 0.6 is 0 Å². The van der Waals surface area contributed by atoms with Crippen LogP contribution < -0.4 is 15.4 Å². The van der Waals surface area contributed by atoms with E-state index in [9.17, 15) is 18.0 Å². The fourth-order valence-corrected chi connectivity index (χ4v) is 4.44. The minimum atomic E-state index is -4.42. The normalized spacial score (nSPS) is 18.3. The van der Waals surface area contributed by atoms with Gasteiger partial charge >= 0.3 is 6.18 Å². The lowest BCUT2D eigenvalue weighted by molar-refractivity contribution is -0.142. The first-order valence-electron chi connectivity index (χ1n) is 10.7. The summed E-state index contributed by atoms with van der Waals surface area (Å²) >= 11 is 0. The fraction of sp³-hybridized carbons (Fsp3) is 0.429. The predicted molar refractivity (Wildman–Crippen MR) is 112 cm³/mol. The number of primary amides is 1. The van der Waals surface area contributed by atoms with Crippen LogP contribution in [-0.4, -0.2) is 55.6 Å². The topological polar surface area (TPSA) is 104 Å². The van der Waals surface area contributed by atoms with Gasteiger partial charge in [-0.1, -0.05) is 0 Å². The van der Waals surface area contributed by atoms with Gasteiger partial charge in [0, 0.05) is 24.5 Å². The SMILES string of the molecule is NC(=O)[C@@H]1CCCCN1c1ccc2c(c1)OCCn1cc(-c3ncnn3CC(F)(F)F)nc1-2. The van der Waals surface area contributed by atoms with Crippen molar-refractivity contribution in [2.45, 2.75) is 44.6 Å². The third-order valence-electron chi connectivity index (χ3n) is 5.91. The van der Waals surface area contributed by atoms with Gasteiger partial charge in [-0.25, -0.2) is 14.6 Å². The molecule has 9 nitrogen and oxygen atoms in total. The number of imidazole rings is 1. The molecule has 1 atom stereocenters. The van der Waals surface area contributed by atoms with Crippen LogP contribution in [0.5, 0.6) is 5.75 Å². The first-order valence-corrected chi connectivity index (χ1v) is 10.7. The van der Waals surface area contributed by atoms with Crippen molar-refractivity contribution in [2.24, 2.45) is 5.73 Å². The molecule has 33 heavy (non-hydrogen) atoms. The Morgan fingerprint density at radius 2 is 2.06 bits per heavy atom. The highest BCUT2D eigenvalue weighted by Gasteiger charge is 2.31. The van der Waals surface area contributed by atoms with E-state index in [1.54, 1.807) is 6.20 Å². The molecule has 174 valence electrons. The van der Waals surface area contributed by atoms with Gasteiger partial charge in [0.2, 0.25) is 5.91 Å². The lowest BCUT2D eigenvalue weighted by atomic mass is 10.00. The maximum atomic E-state index is 12.9. The zero-order valence-corrected chi connectivity index (χ0v) is 17.6. The number of hydrogen-bond donors (Lipinski definition) is 1. The number of anilines is 1. The molecule has 0 radical (unpaired) electrons. The summed E-state index contributed by atoms with van der Waals surface area (Å²) in [5.74, 6) is 0.850. The van der Waals surface area contributed by atoms with Gasteiger partial charge in [-0.05, 0) is 31.4 Å². The van der Waals surface area contributed by atoms with Crippen LogP contribution in [-0.2, 0) is 17.9 Å². The highest BCUT2D eigenvalue weighted by atomic mass is 19.4. The maximum Gasteiger partial charge on any atom is 0.408 e. The molecule has 2 aliphatic heterocycles. The molecule has 4 heterocycles. The van der Waals surface area contributed by atoms with E-state index in [0.29, 0.717) is 42.4 Å². The molecule has 5 rings (SSSR count). The van der Waals surface area contributed by atoms with E-state index in [0.717, 1.165) is 36.1 Å². The molecule has 0 spiro atoms. The second-order valence-corrected chi connectivity index (χ2v) is 8.14. The number of rotatable bonds is 4. The number of amides is 1. The van der Waals surface area contributed by atoms with Gasteiger partial charge in [0.1, 0.15) is 42.8 Å². The number of benzene rings is 1. The van der Waals surface area contributed by atoms with Gasteiger partial charge in [-0.15, -0.1) is 0 Å². The Balaban J connectivity index is 1.50. The van der Waals surface area contributed by atoms with Gasteiger partial charge in [0.05, 0.1) is 12.1 Å². The van der Waals surface area contributed by atoms with E-state index in [1.165, 1.54) is 0 Å². The number of fused-ring (bicyclic) bond motifs is 3. The summed E-state index contributed by atoms with van der Waals surface area (Å²) in [5, 5.41) is 3.70. The number of nitrogens with two attached hydrogens (primary N) is 1. The largest absolute Gasteiger partial charge is 0.491 e. The number of aromatic nitrogens is 5. The zero-order chi connectivity index (χ0) is 23.2. The Kier molecular flexibility index (Phi) is 5.22. The average Bonchev–Trinajstić information content (AvgIpc) is 3.35. The first kappa shape index (κ1) is 21.3. The van der Waals surface area contributed by atoms with Crippen molar-refractivity contribution < 1.29 is 22.7 Å². The molecule has 0 bridgehead atoms. The van der Waals surface area contributed by atoms with E-state index < -0.39 is 12.7 Å². The third kappa shape index (κ3) is 4.12. The summed E-state index contributed by atoms with van der Waals surface area (Å²) in [6.07, 6.45) is 0.945. The van der Waals surface area contributed by atoms with E-state index >= 15 is 0 Å². The van der Waals surface area contributed by atoms with Crippen LogP contribution in [0, 0.1) is 0 Å². The van der Waals surface area contributed by atoms with Crippen LogP contribution in [0.1, 0.15) is 19.3 Å². The molecule has 1 aromatic carbocycles. The van der Waals surface area contributed by atoms with Crippen molar-refractivity contribution in [3.05, 3.63) is 30.7 Å². The predicted octanol–water partition coefficient (Wildman–Crippen LogP) is 2.61. The molecule has 12 heteroatoms. The minimum Gasteiger partial charge on any atom is -0.491 e. The molecular formula is C21H22F3N7O2. The number of nitrogens with zero attached hydrogens (tertiary/aromatic N) is 6. The second kappa shape index (κ2) is 8.09. The molecule has 3 aromatic rings. The Labute approximate surface area is 187 Å². The third-order valence-corrected chi connectivity index (χ3v) is 5.91. The van der Waals surface area contributed by atoms with Gasteiger partial charge in [-0.2, -0.15) is 18.3 Å². The van der Waals surface area contributed by atoms with Crippen LogP contribution in [0.3, 0.4) is 0 Å². The standard InChI is InChI=1S/C21H22F3N7O2/c22-21(23,24)11-31-20(26-12-27-31)15-10-29-7-8-33-17-9-13(4-5-14(17)19(29)28-15)30-6-2-1-3-16(30)18(25)32/h4-5,9-10,12,16H,1-3,6-8,11H2,(H2,25,32)/t16-/m0/s1. The second-order valence-electron chi connectivity index (χ2n) is 8.14. The molecule has 1 amide bonds. The Hall–Kier alpha value is -3.57. The molecule has 0 unspecified atom stereocenters. The van der Waals surface area contributed by atoms with Crippen molar-refractivity contribution >= 4 is 11.6 Å². The summed E-state index contributed by atoms with van der Waals surface area (Å²) in [5.41, 5.74) is 7.45. The number of piperidine rings is 1. The number of carbonyl (C=O) groups is 1. The van der Waals surface area contributed by atoms with E-state index in [1.807, 2.05) is 27.7 Å². The number of ether oxygens (including phenoxy) is 1. The number of hydrogen-bond acceptors (Lipinski definition) is 6. The molecule has 2 aromatic heterocycles. The molecule has 1 fully saturated rings. The number of alkyl halides is 3.